The molecule has 2 aromatic rings. The Morgan fingerprint density at radius 3 is 2.23 bits per heavy atom. The number of carbonyl (C=O) groups excluding carboxylic acids is 2. The van der Waals surface area contributed by atoms with Gasteiger partial charge in [-0.25, -0.2) is 4.79 Å². The summed E-state index contributed by atoms with van der Waals surface area (Å²) in [6, 6.07) is 8.93. The third-order valence-corrected chi connectivity index (χ3v) is 5.32. The van der Waals surface area contributed by atoms with Gasteiger partial charge in [-0.05, 0) is 66.8 Å². The second-order valence-electron chi connectivity index (χ2n) is 7.45. The van der Waals surface area contributed by atoms with Gasteiger partial charge in [0.1, 0.15) is 0 Å². The number of nitrogens with zero attached hydrogens (tertiary/aromatic N) is 1. The molecular formula is C23H28N2O5. The van der Waals surface area contributed by atoms with Crippen molar-refractivity contribution >= 4 is 17.7 Å². The van der Waals surface area contributed by atoms with Gasteiger partial charge >= 0.3 is 12.0 Å². The van der Waals surface area contributed by atoms with Gasteiger partial charge in [-0.2, -0.15) is 0 Å². The number of amides is 2. The molecule has 0 spiro atoms. The van der Waals surface area contributed by atoms with E-state index in [1.165, 1.54) is 7.11 Å². The molecule has 1 aliphatic rings. The molecule has 1 heterocycles. The van der Waals surface area contributed by atoms with Crippen LogP contribution in [0.25, 0.3) is 0 Å². The predicted molar refractivity (Wildman–Crippen MR) is 114 cm³/mol. The van der Waals surface area contributed by atoms with Crippen LogP contribution in [0.5, 0.6) is 11.5 Å². The van der Waals surface area contributed by atoms with E-state index < -0.39 is 6.04 Å². The highest BCUT2D eigenvalue weighted by Gasteiger charge is 2.34. The van der Waals surface area contributed by atoms with Crippen molar-refractivity contribution in [2.45, 2.75) is 32.7 Å². The largest absolute Gasteiger partial charge is 0.493 e. The Hall–Kier alpha value is -3.22. The molecule has 1 atom stereocenters. The zero-order valence-corrected chi connectivity index (χ0v) is 18.1. The Balaban J connectivity index is 1.95. The lowest BCUT2D eigenvalue weighted by molar-refractivity contribution is -0.141. The second kappa shape index (κ2) is 9.07. The van der Waals surface area contributed by atoms with Crippen LogP contribution in [0, 0.1) is 13.8 Å². The third-order valence-electron chi connectivity index (χ3n) is 5.32. The lowest BCUT2D eigenvalue weighted by Crippen LogP contribution is -2.43. The van der Waals surface area contributed by atoms with Crippen LogP contribution in [0.1, 0.15) is 34.7 Å². The molecule has 0 saturated heterocycles. The number of urea groups is 1. The summed E-state index contributed by atoms with van der Waals surface area (Å²) in [5, 5.41) is 2.98. The highest BCUT2D eigenvalue weighted by molar-refractivity contribution is 5.90. The summed E-state index contributed by atoms with van der Waals surface area (Å²) in [5.74, 6) is 0.802. The molecule has 2 aromatic carbocycles. The van der Waals surface area contributed by atoms with Crippen molar-refractivity contribution in [1.29, 1.82) is 0 Å². The molecule has 1 unspecified atom stereocenters. The number of hydrogen-bond donors (Lipinski definition) is 1. The summed E-state index contributed by atoms with van der Waals surface area (Å²) < 4.78 is 15.7. The summed E-state index contributed by atoms with van der Waals surface area (Å²) in [4.78, 5) is 27.0. The summed E-state index contributed by atoms with van der Waals surface area (Å²) in [6.07, 6.45) is 0.701. The van der Waals surface area contributed by atoms with E-state index in [9.17, 15) is 9.59 Å². The molecule has 160 valence electrons. The maximum absolute atomic E-state index is 13.2. The average Bonchev–Trinajstić information content (AvgIpc) is 2.71. The van der Waals surface area contributed by atoms with Gasteiger partial charge in [0.05, 0.1) is 33.8 Å². The molecule has 7 nitrogen and oxygen atoms in total. The first-order chi connectivity index (χ1) is 14.4. The van der Waals surface area contributed by atoms with Crippen molar-refractivity contribution in [3.63, 3.8) is 0 Å². The van der Waals surface area contributed by atoms with Gasteiger partial charge in [-0.3, -0.25) is 4.79 Å². The molecule has 0 radical (unpaired) electrons. The van der Waals surface area contributed by atoms with Crippen LogP contribution in [-0.4, -0.2) is 44.8 Å². The summed E-state index contributed by atoms with van der Waals surface area (Å²) >= 11 is 0. The van der Waals surface area contributed by atoms with Crippen molar-refractivity contribution in [1.82, 2.24) is 4.90 Å². The zero-order valence-electron chi connectivity index (χ0n) is 18.1. The Morgan fingerprint density at radius 1 is 1.00 bits per heavy atom. The number of hydrogen-bond acceptors (Lipinski definition) is 5. The topological polar surface area (TPSA) is 77.1 Å². The van der Waals surface area contributed by atoms with E-state index in [2.05, 4.69) is 5.32 Å². The van der Waals surface area contributed by atoms with Gasteiger partial charge in [0, 0.05) is 12.2 Å². The number of ether oxygens (including phenoxy) is 3. The van der Waals surface area contributed by atoms with Crippen LogP contribution < -0.4 is 14.8 Å². The number of fused-ring (bicyclic) bond motifs is 1. The maximum atomic E-state index is 13.2. The first kappa shape index (κ1) is 21.5. The molecule has 2 amide bonds. The molecule has 0 fully saturated rings. The Bertz CT molecular complexity index is 937. The van der Waals surface area contributed by atoms with E-state index >= 15 is 0 Å². The second-order valence-corrected chi connectivity index (χ2v) is 7.45. The Morgan fingerprint density at radius 2 is 1.63 bits per heavy atom. The first-order valence-electron chi connectivity index (χ1n) is 9.83. The van der Waals surface area contributed by atoms with Crippen molar-refractivity contribution in [2.24, 2.45) is 0 Å². The van der Waals surface area contributed by atoms with Crippen LogP contribution in [-0.2, 0) is 16.0 Å². The van der Waals surface area contributed by atoms with Gasteiger partial charge < -0.3 is 24.4 Å². The number of esters is 1. The molecule has 30 heavy (non-hydrogen) atoms. The van der Waals surface area contributed by atoms with Crippen LogP contribution in [0.15, 0.2) is 30.3 Å². The Labute approximate surface area is 176 Å². The van der Waals surface area contributed by atoms with E-state index in [4.69, 9.17) is 14.2 Å². The number of benzene rings is 2. The molecule has 0 saturated carbocycles. The third kappa shape index (κ3) is 4.50. The fraction of sp³-hybridized carbons (Fsp3) is 0.391. The molecule has 0 aliphatic carbocycles. The molecule has 0 bridgehead atoms. The monoisotopic (exact) mass is 412 g/mol. The lowest BCUT2D eigenvalue weighted by Gasteiger charge is -2.37. The smallest absolute Gasteiger partial charge is 0.322 e. The molecule has 0 aromatic heterocycles. The maximum Gasteiger partial charge on any atom is 0.322 e. The number of carbonyl (C=O) groups is 2. The van der Waals surface area contributed by atoms with Crippen LogP contribution in [0.4, 0.5) is 10.5 Å². The fourth-order valence-electron chi connectivity index (χ4n) is 3.97. The number of nitrogens with one attached hydrogen (secondary N) is 1. The van der Waals surface area contributed by atoms with Crippen LogP contribution in [0.2, 0.25) is 0 Å². The van der Waals surface area contributed by atoms with Crippen LogP contribution >= 0.6 is 0 Å². The predicted octanol–water partition coefficient (Wildman–Crippen LogP) is 4.02. The minimum atomic E-state index is -0.466. The van der Waals surface area contributed by atoms with Crippen molar-refractivity contribution in [2.75, 3.05) is 33.2 Å². The van der Waals surface area contributed by atoms with E-state index in [0.29, 0.717) is 24.5 Å². The van der Waals surface area contributed by atoms with E-state index in [1.54, 1.807) is 19.1 Å². The number of methoxy groups -OCH3 is 3. The molecule has 1 N–H and O–H groups in total. The summed E-state index contributed by atoms with van der Waals surface area (Å²) in [6.45, 7) is 4.44. The highest BCUT2D eigenvalue weighted by atomic mass is 16.5. The highest BCUT2D eigenvalue weighted by Crippen LogP contribution is 2.39. The van der Waals surface area contributed by atoms with Gasteiger partial charge in [-0.1, -0.05) is 6.07 Å². The SMILES string of the molecule is COC(=O)CC1c2cc(OC)c(OC)cc2CCN1C(=O)Nc1cc(C)cc(C)c1. The van der Waals surface area contributed by atoms with Crippen molar-refractivity contribution in [3.8, 4) is 11.5 Å². The molecule has 7 heteroatoms. The Kier molecular flexibility index (Phi) is 6.50. The minimum Gasteiger partial charge on any atom is -0.493 e. The number of rotatable bonds is 5. The van der Waals surface area contributed by atoms with Gasteiger partial charge in [0.25, 0.3) is 0 Å². The molecule has 1 aliphatic heterocycles. The first-order valence-corrected chi connectivity index (χ1v) is 9.83. The van der Waals surface area contributed by atoms with E-state index in [0.717, 1.165) is 27.9 Å². The standard InChI is InChI=1S/C23H28N2O5/c1-14-8-15(2)10-17(9-14)24-23(27)25-7-6-16-11-20(28-3)21(29-4)12-18(16)19(25)13-22(26)30-5/h8-12,19H,6-7,13H2,1-5H3,(H,24,27). The quantitative estimate of drug-likeness (QED) is 0.751. The number of aryl methyl sites for hydroxylation is 2. The van der Waals surface area contributed by atoms with Crippen molar-refractivity contribution < 1.29 is 23.8 Å². The lowest BCUT2D eigenvalue weighted by atomic mass is 9.90. The van der Waals surface area contributed by atoms with Gasteiger partial charge in [0.15, 0.2) is 11.5 Å². The summed E-state index contributed by atoms with van der Waals surface area (Å²) in [7, 11) is 4.50. The van der Waals surface area contributed by atoms with Crippen molar-refractivity contribution in [3.05, 3.63) is 52.6 Å². The number of anilines is 1. The normalized spacial score (nSPS) is 15.2. The minimum absolute atomic E-state index is 0.0548. The fourth-order valence-corrected chi connectivity index (χ4v) is 3.97. The van der Waals surface area contributed by atoms with E-state index in [1.807, 2.05) is 44.2 Å². The zero-order chi connectivity index (χ0) is 21.8. The van der Waals surface area contributed by atoms with Gasteiger partial charge in [-0.15, -0.1) is 0 Å². The van der Waals surface area contributed by atoms with E-state index in [-0.39, 0.29) is 18.4 Å². The molecular weight excluding hydrogens is 384 g/mol. The van der Waals surface area contributed by atoms with Gasteiger partial charge in [0.2, 0.25) is 0 Å². The molecule has 3 rings (SSSR count). The average molecular weight is 412 g/mol. The van der Waals surface area contributed by atoms with Crippen LogP contribution in [0.3, 0.4) is 0 Å². The summed E-state index contributed by atoms with van der Waals surface area (Å²) in [5.41, 5.74) is 4.75.